The molecule has 0 radical (unpaired) electrons. The van der Waals surface area contributed by atoms with E-state index in [4.69, 9.17) is 0 Å². The lowest BCUT2D eigenvalue weighted by molar-refractivity contribution is -0.134. The number of nitrogens with zero attached hydrogens (tertiary/aromatic N) is 2. The second-order valence-corrected chi connectivity index (χ2v) is 5.68. The number of rotatable bonds is 4. The Balaban J connectivity index is 1.41. The van der Waals surface area contributed by atoms with Gasteiger partial charge in [0, 0.05) is 38.6 Å². The fourth-order valence-corrected chi connectivity index (χ4v) is 2.71. The minimum absolute atomic E-state index is 0.371. The van der Waals surface area contributed by atoms with Gasteiger partial charge < -0.3 is 4.90 Å². The Morgan fingerprint density at radius 2 is 1.74 bits per heavy atom. The smallest absolute Gasteiger partial charge is 0.225 e. The molecule has 1 aromatic carbocycles. The Morgan fingerprint density at radius 1 is 1.05 bits per heavy atom. The lowest BCUT2D eigenvalue weighted by Crippen LogP contribution is -2.49. The van der Waals surface area contributed by atoms with Gasteiger partial charge in [0.2, 0.25) is 5.91 Å². The molecule has 0 N–H and O–H groups in total. The third kappa shape index (κ3) is 3.35. The molecule has 19 heavy (non-hydrogen) atoms. The molecule has 3 nitrogen and oxygen atoms in total. The summed E-state index contributed by atoms with van der Waals surface area (Å²) in [4.78, 5) is 16.5. The van der Waals surface area contributed by atoms with Crippen molar-refractivity contribution in [1.29, 1.82) is 0 Å². The second-order valence-electron chi connectivity index (χ2n) is 5.68. The van der Waals surface area contributed by atoms with Gasteiger partial charge in [0.05, 0.1) is 0 Å². The van der Waals surface area contributed by atoms with E-state index in [1.807, 2.05) is 0 Å². The van der Waals surface area contributed by atoms with Crippen molar-refractivity contribution in [3.05, 3.63) is 35.9 Å². The molecule has 0 spiro atoms. The number of hydrogen-bond donors (Lipinski definition) is 0. The first-order valence-electron chi connectivity index (χ1n) is 7.38. The van der Waals surface area contributed by atoms with Crippen LogP contribution in [-0.2, 0) is 11.2 Å². The Kier molecular flexibility index (Phi) is 3.83. The van der Waals surface area contributed by atoms with Crippen LogP contribution >= 0.6 is 0 Å². The average molecular weight is 258 g/mol. The summed E-state index contributed by atoms with van der Waals surface area (Å²) in [6.45, 7) is 5.01. The molecule has 1 aromatic rings. The molecule has 0 bridgehead atoms. The normalized spacial score (nSPS) is 20.5. The first-order chi connectivity index (χ1) is 9.33. The monoisotopic (exact) mass is 258 g/mol. The van der Waals surface area contributed by atoms with Gasteiger partial charge in [-0.3, -0.25) is 9.69 Å². The molecule has 0 aromatic heterocycles. The zero-order valence-electron chi connectivity index (χ0n) is 11.4. The summed E-state index contributed by atoms with van der Waals surface area (Å²) in [5, 5.41) is 0. The van der Waals surface area contributed by atoms with Crippen molar-refractivity contribution in [2.24, 2.45) is 5.92 Å². The Bertz CT molecular complexity index is 420. The summed E-state index contributed by atoms with van der Waals surface area (Å²) in [6.07, 6.45) is 3.34. The molecule has 1 amide bonds. The topological polar surface area (TPSA) is 23.6 Å². The summed E-state index contributed by atoms with van der Waals surface area (Å²) in [7, 11) is 0. The minimum atomic E-state index is 0.371. The molecule has 3 rings (SSSR count). The highest BCUT2D eigenvalue weighted by molar-refractivity contribution is 5.81. The molecule has 0 atom stereocenters. The van der Waals surface area contributed by atoms with Gasteiger partial charge >= 0.3 is 0 Å². The van der Waals surface area contributed by atoms with Crippen molar-refractivity contribution >= 4 is 5.91 Å². The number of carbonyl (C=O) groups is 1. The van der Waals surface area contributed by atoms with Gasteiger partial charge in [-0.1, -0.05) is 30.3 Å². The van der Waals surface area contributed by atoms with Crippen LogP contribution in [0.4, 0.5) is 0 Å². The van der Waals surface area contributed by atoms with E-state index in [9.17, 15) is 4.79 Å². The minimum Gasteiger partial charge on any atom is -0.340 e. The molecule has 102 valence electrons. The van der Waals surface area contributed by atoms with Gasteiger partial charge in [0.25, 0.3) is 0 Å². The first kappa shape index (κ1) is 12.7. The largest absolute Gasteiger partial charge is 0.340 e. The zero-order chi connectivity index (χ0) is 13.1. The van der Waals surface area contributed by atoms with E-state index in [1.165, 1.54) is 5.56 Å². The van der Waals surface area contributed by atoms with Crippen molar-refractivity contribution in [2.45, 2.75) is 19.3 Å². The molecule has 2 aliphatic rings. The van der Waals surface area contributed by atoms with Gasteiger partial charge in [-0.2, -0.15) is 0 Å². The maximum atomic E-state index is 12.0. The van der Waals surface area contributed by atoms with E-state index in [0.717, 1.165) is 52.0 Å². The van der Waals surface area contributed by atoms with Crippen molar-refractivity contribution < 1.29 is 4.79 Å². The number of benzene rings is 1. The van der Waals surface area contributed by atoms with Gasteiger partial charge in [0.1, 0.15) is 0 Å². The molecule has 1 saturated heterocycles. The summed E-state index contributed by atoms with van der Waals surface area (Å²) in [5.41, 5.74) is 1.40. The molecule has 1 aliphatic heterocycles. The van der Waals surface area contributed by atoms with E-state index in [0.29, 0.717) is 11.8 Å². The van der Waals surface area contributed by atoms with Crippen molar-refractivity contribution in [3.63, 3.8) is 0 Å². The molecule has 2 fully saturated rings. The van der Waals surface area contributed by atoms with E-state index >= 15 is 0 Å². The number of carbonyl (C=O) groups excluding carboxylic acids is 1. The van der Waals surface area contributed by atoms with E-state index < -0.39 is 0 Å². The number of hydrogen-bond acceptors (Lipinski definition) is 2. The lowest BCUT2D eigenvalue weighted by Gasteiger charge is -2.34. The van der Waals surface area contributed by atoms with Crippen LogP contribution in [0.5, 0.6) is 0 Å². The predicted octanol–water partition coefficient (Wildman–Crippen LogP) is 1.78. The highest BCUT2D eigenvalue weighted by atomic mass is 16.2. The highest BCUT2D eigenvalue weighted by Gasteiger charge is 2.34. The maximum Gasteiger partial charge on any atom is 0.225 e. The summed E-state index contributed by atoms with van der Waals surface area (Å²) >= 11 is 0. The van der Waals surface area contributed by atoms with Crippen molar-refractivity contribution in [2.75, 3.05) is 32.7 Å². The predicted molar refractivity (Wildman–Crippen MR) is 75.9 cm³/mol. The van der Waals surface area contributed by atoms with Crippen LogP contribution in [0.2, 0.25) is 0 Å². The maximum absolute atomic E-state index is 12.0. The van der Waals surface area contributed by atoms with Crippen molar-refractivity contribution in [3.8, 4) is 0 Å². The van der Waals surface area contributed by atoms with E-state index in [1.54, 1.807) is 0 Å². The van der Waals surface area contributed by atoms with Crippen LogP contribution in [0, 0.1) is 5.92 Å². The quantitative estimate of drug-likeness (QED) is 0.822. The second kappa shape index (κ2) is 5.74. The number of piperazine rings is 1. The van der Waals surface area contributed by atoms with Crippen LogP contribution in [-0.4, -0.2) is 48.4 Å². The SMILES string of the molecule is O=C(C1CC1)N1CCN(CCc2ccccc2)CC1. The molecule has 0 unspecified atom stereocenters. The molecular weight excluding hydrogens is 236 g/mol. The molecule has 1 aliphatic carbocycles. The zero-order valence-corrected chi connectivity index (χ0v) is 11.4. The van der Waals surface area contributed by atoms with Gasteiger partial charge in [0.15, 0.2) is 0 Å². The average Bonchev–Trinajstić information content (AvgIpc) is 3.31. The Hall–Kier alpha value is -1.35. The van der Waals surface area contributed by atoms with Crippen LogP contribution in [0.15, 0.2) is 30.3 Å². The van der Waals surface area contributed by atoms with Crippen LogP contribution < -0.4 is 0 Å². The highest BCUT2D eigenvalue weighted by Crippen LogP contribution is 2.31. The fraction of sp³-hybridized carbons (Fsp3) is 0.562. The summed E-state index contributed by atoms with van der Waals surface area (Å²) in [5.74, 6) is 0.776. The molecule has 1 saturated carbocycles. The lowest BCUT2D eigenvalue weighted by atomic mass is 10.1. The number of amides is 1. The van der Waals surface area contributed by atoms with Crippen LogP contribution in [0.1, 0.15) is 18.4 Å². The van der Waals surface area contributed by atoms with E-state index in [-0.39, 0.29) is 0 Å². The third-order valence-corrected chi connectivity index (χ3v) is 4.17. The van der Waals surface area contributed by atoms with Gasteiger partial charge in [-0.15, -0.1) is 0 Å². The first-order valence-corrected chi connectivity index (χ1v) is 7.38. The van der Waals surface area contributed by atoms with Gasteiger partial charge in [-0.25, -0.2) is 0 Å². The van der Waals surface area contributed by atoms with Crippen LogP contribution in [0.3, 0.4) is 0 Å². The standard InChI is InChI=1S/C16H22N2O/c19-16(15-6-7-15)18-12-10-17(11-13-18)9-8-14-4-2-1-3-5-14/h1-5,15H,6-13H2. The summed E-state index contributed by atoms with van der Waals surface area (Å²) in [6, 6.07) is 10.6. The van der Waals surface area contributed by atoms with Crippen LogP contribution in [0.25, 0.3) is 0 Å². The fourth-order valence-electron chi connectivity index (χ4n) is 2.71. The Morgan fingerprint density at radius 3 is 2.37 bits per heavy atom. The molecule has 1 heterocycles. The summed E-state index contributed by atoms with van der Waals surface area (Å²) < 4.78 is 0. The molecular formula is C16H22N2O. The molecule has 3 heteroatoms. The van der Waals surface area contributed by atoms with E-state index in [2.05, 4.69) is 40.1 Å². The Labute approximate surface area is 115 Å². The van der Waals surface area contributed by atoms with Gasteiger partial charge in [-0.05, 0) is 24.8 Å². The van der Waals surface area contributed by atoms with Crippen molar-refractivity contribution in [1.82, 2.24) is 9.80 Å². The third-order valence-electron chi connectivity index (χ3n) is 4.17.